The number of aryl methyl sites for hydroxylation is 1. The fraction of sp³-hybridized carbons (Fsp3) is 0.444. The molecule has 1 rings (SSSR count). The number of H-pyrrole nitrogens is 1. The number of hydrogen-bond acceptors (Lipinski definition) is 1. The molecule has 0 saturated heterocycles. The summed E-state index contributed by atoms with van der Waals surface area (Å²) in [6, 6.07) is 0. The number of rotatable bonds is 4. The van der Waals surface area contributed by atoms with E-state index in [1.54, 1.807) is 13.1 Å². The van der Waals surface area contributed by atoms with Crippen LogP contribution in [0.3, 0.4) is 0 Å². The fourth-order valence-corrected chi connectivity index (χ4v) is 1.10. The molecule has 66 valence electrons. The first-order valence-electron chi connectivity index (χ1n) is 4.12. The minimum atomic E-state index is -0.244. The maximum Gasteiger partial charge on any atom is 0.258 e. The molecule has 0 aliphatic carbocycles. The van der Waals surface area contributed by atoms with E-state index in [0.29, 0.717) is 0 Å². The van der Waals surface area contributed by atoms with E-state index in [1.165, 1.54) is 0 Å². The Morgan fingerprint density at radius 3 is 3.17 bits per heavy atom. The van der Waals surface area contributed by atoms with Crippen molar-refractivity contribution < 1.29 is 9.67 Å². The van der Waals surface area contributed by atoms with Gasteiger partial charge in [-0.05, 0) is 13.3 Å². The van der Waals surface area contributed by atoms with Gasteiger partial charge >= 0.3 is 0 Å². The Morgan fingerprint density at radius 1 is 1.83 bits per heavy atom. The second-order valence-corrected chi connectivity index (χ2v) is 2.88. The van der Waals surface area contributed by atoms with Crippen molar-refractivity contribution in [2.24, 2.45) is 0 Å². The Bertz CT molecular complexity index is 253. The van der Waals surface area contributed by atoms with Gasteiger partial charge in [-0.3, -0.25) is 0 Å². The summed E-state index contributed by atoms with van der Waals surface area (Å²) in [6.07, 6.45) is 6.88. The van der Waals surface area contributed by atoms with E-state index in [9.17, 15) is 0 Å². The quantitative estimate of drug-likeness (QED) is 0.637. The van der Waals surface area contributed by atoms with Crippen molar-refractivity contribution in [2.45, 2.75) is 25.9 Å². The van der Waals surface area contributed by atoms with Crippen LogP contribution in [0.1, 0.15) is 19.2 Å². The maximum atomic E-state index is 9.07. The molecule has 12 heavy (non-hydrogen) atoms. The summed E-state index contributed by atoms with van der Waals surface area (Å²) in [4.78, 5) is 3.09. The lowest BCUT2D eigenvalue weighted by Crippen LogP contribution is -2.28. The van der Waals surface area contributed by atoms with Crippen LogP contribution in [0.25, 0.3) is 6.20 Å². The highest BCUT2D eigenvalue weighted by molar-refractivity contribution is 4.98. The highest BCUT2D eigenvalue weighted by Gasteiger charge is 2.08. The Balaban J connectivity index is 2.56. The van der Waals surface area contributed by atoms with E-state index in [-0.39, 0.29) is 6.10 Å². The van der Waals surface area contributed by atoms with Crippen LogP contribution >= 0.6 is 0 Å². The molecule has 0 amide bonds. The van der Waals surface area contributed by atoms with Gasteiger partial charge in [0, 0.05) is 0 Å². The Kier molecular flexibility index (Phi) is 3.05. The van der Waals surface area contributed by atoms with Crippen LogP contribution < -0.4 is 4.57 Å². The molecule has 3 nitrogen and oxygen atoms in total. The molecular weight excluding hydrogens is 152 g/mol. The van der Waals surface area contributed by atoms with Gasteiger partial charge in [0.2, 0.25) is 0 Å². The van der Waals surface area contributed by atoms with E-state index < -0.39 is 0 Å². The van der Waals surface area contributed by atoms with Gasteiger partial charge in [-0.25, -0.2) is 9.55 Å². The molecule has 0 spiro atoms. The molecule has 3 heteroatoms. The van der Waals surface area contributed by atoms with Crippen molar-refractivity contribution in [1.82, 2.24) is 4.98 Å². The average Bonchev–Trinajstić information content (AvgIpc) is 2.47. The zero-order valence-corrected chi connectivity index (χ0v) is 7.33. The lowest BCUT2D eigenvalue weighted by Gasteiger charge is -1.99. The molecule has 0 radical (unpaired) electrons. The normalized spacial score (nSPS) is 12.8. The van der Waals surface area contributed by atoms with Crippen molar-refractivity contribution in [3.63, 3.8) is 0 Å². The second kappa shape index (κ2) is 4.07. The van der Waals surface area contributed by atoms with Gasteiger partial charge in [-0.15, -0.1) is 0 Å². The molecule has 0 bridgehead atoms. The lowest BCUT2D eigenvalue weighted by atomic mass is 10.2. The molecular formula is C9H15N2O+. The number of aliphatic hydroxyl groups is 1. The minimum absolute atomic E-state index is 0.244. The van der Waals surface area contributed by atoms with Crippen molar-refractivity contribution in [3.05, 3.63) is 24.8 Å². The summed E-state index contributed by atoms with van der Waals surface area (Å²) in [5, 5.41) is 9.07. The lowest BCUT2D eigenvalue weighted by molar-refractivity contribution is -0.575. The molecule has 1 unspecified atom stereocenters. The number of nitrogens with zero attached hydrogens (tertiary/aromatic N) is 1. The molecule has 0 fully saturated rings. The van der Waals surface area contributed by atoms with Crippen molar-refractivity contribution in [2.75, 3.05) is 0 Å². The smallest absolute Gasteiger partial charge is 0.258 e. The SMILES string of the molecule is C=C[n+]1cc[nH]c1CCC(C)O. The van der Waals surface area contributed by atoms with Gasteiger partial charge in [0.25, 0.3) is 5.82 Å². The van der Waals surface area contributed by atoms with E-state index in [4.69, 9.17) is 5.11 Å². The molecule has 1 aromatic heterocycles. The van der Waals surface area contributed by atoms with E-state index in [0.717, 1.165) is 18.7 Å². The predicted molar refractivity (Wildman–Crippen MR) is 47.4 cm³/mol. The van der Waals surface area contributed by atoms with Crippen LogP contribution in [-0.4, -0.2) is 16.2 Å². The van der Waals surface area contributed by atoms with Gasteiger partial charge in [0.05, 0.1) is 18.7 Å². The maximum absolute atomic E-state index is 9.07. The largest absolute Gasteiger partial charge is 0.393 e. The zero-order chi connectivity index (χ0) is 8.97. The highest BCUT2D eigenvalue weighted by Crippen LogP contribution is 1.97. The number of aromatic nitrogens is 2. The Morgan fingerprint density at radius 2 is 2.58 bits per heavy atom. The van der Waals surface area contributed by atoms with E-state index in [1.807, 2.05) is 17.0 Å². The number of nitrogens with one attached hydrogen (secondary N) is 1. The summed E-state index contributed by atoms with van der Waals surface area (Å²) >= 11 is 0. The van der Waals surface area contributed by atoms with E-state index >= 15 is 0 Å². The summed E-state index contributed by atoms with van der Waals surface area (Å²) in [5.74, 6) is 1.07. The fourth-order valence-electron chi connectivity index (χ4n) is 1.10. The first-order valence-corrected chi connectivity index (χ1v) is 4.12. The first kappa shape index (κ1) is 9.00. The topological polar surface area (TPSA) is 39.9 Å². The molecule has 0 aliphatic rings. The predicted octanol–water partition coefficient (Wildman–Crippen LogP) is 0.716. The molecule has 2 N–H and O–H groups in total. The van der Waals surface area contributed by atoms with Crippen LogP contribution in [0.2, 0.25) is 0 Å². The number of aliphatic hydroxyl groups excluding tert-OH is 1. The summed E-state index contributed by atoms with van der Waals surface area (Å²) in [6.45, 7) is 5.46. The molecule has 1 atom stereocenters. The van der Waals surface area contributed by atoms with Gasteiger partial charge < -0.3 is 5.11 Å². The minimum Gasteiger partial charge on any atom is -0.393 e. The Hall–Kier alpha value is -1.09. The Labute approximate surface area is 72.4 Å². The van der Waals surface area contributed by atoms with Crippen LogP contribution in [0, 0.1) is 0 Å². The third-order valence-corrected chi connectivity index (χ3v) is 1.79. The summed E-state index contributed by atoms with van der Waals surface area (Å²) in [5.41, 5.74) is 0. The standard InChI is InChI=1S/C9H14N2O/c1-3-11-7-6-10-9(11)5-4-8(2)12/h3,6-8,12H,1,4-5H2,2H3/p+1. The third kappa shape index (κ3) is 2.20. The van der Waals surface area contributed by atoms with Crippen molar-refractivity contribution in [3.8, 4) is 0 Å². The van der Waals surface area contributed by atoms with Gasteiger partial charge in [0.15, 0.2) is 0 Å². The van der Waals surface area contributed by atoms with Crippen molar-refractivity contribution >= 4 is 6.20 Å². The average molecular weight is 167 g/mol. The molecule has 0 aliphatic heterocycles. The zero-order valence-electron chi connectivity index (χ0n) is 7.33. The van der Waals surface area contributed by atoms with Crippen LogP contribution in [0.5, 0.6) is 0 Å². The van der Waals surface area contributed by atoms with Crippen LogP contribution in [0.15, 0.2) is 19.0 Å². The second-order valence-electron chi connectivity index (χ2n) is 2.88. The third-order valence-electron chi connectivity index (χ3n) is 1.79. The van der Waals surface area contributed by atoms with E-state index in [2.05, 4.69) is 11.6 Å². The first-order chi connectivity index (χ1) is 5.74. The van der Waals surface area contributed by atoms with Crippen molar-refractivity contribution in [1.29, 1.82) is 0 Å². The number of imidazole rings is 1. The summed E-state index contributed by atoms with van der Waals surface area (Å²) in [7, 11) is 0. The molecule has 0 aromatic carbocycles. The molecule has 1 heterocycles. The van der Waals surface area contributed by atoms with Gasteiger partial charge in [0.1, 0.15) is 12.4 Å². The van der Waals surface area contributed by atoms with Gasteiger partial charge in [-0.1, -0.05) is 6.58 Å². The molecule has 0 saturated carbocycles. The monoisotopic (exact) mass is 167 g/mol. The highest BCUT2D eigenvalue weighted by atomic mass is 16.3. The molecule has 1 aromatic rings. The van der Waals surface area contributed by atoms with Crippen LogP contribution in [-0.2, 0) is 6.42 Å². The van der Waals surface area contributed by atoms with Gasteiger partial charge in [-0.2, -0.15) is 0 Å². The number of aromatic amines is 1. The summed E-state index contributed by atoms with van der Waals surface area (Å²) < 4.78 is 1.92. The number of hydrogen-bond donors (Lipinski definition) is 2. The van der Waals surface area contributed by atoms with Crippen LogP contribution in [0.4, 0.5) is 0 Å².